The van der Waals surface area contributed by atoms with Crippen molar-refractivity contribution >= 4 is 27.5 Å². The van der Waals surface area contributed by atoms with Crippen LogP contribution in [0.25, 0.3) is 0 Å². The SMILES string of the molecule is CCOc1cc([N+](=O)[O-])c(C(=O)NC2CCOc3ccc(Br)cc32)cc1OC. The molecule has 148 valence electrons. The zero-order valence-electron chi connectivity index (χ0n) is 15.4. The van der Waals surface area contributed by atoms with Gasteiger partial charge in [0.1, 0.15) is 11.3 Å². The summed E-state index contributed by atoms with van der Waals surface area (Å²) in [6.45, 7) is 2.51. The molecule has 1 aliphatic rings. The van der Waals surface area contributed by atoms with Crippen LogP contribution in [0.5, 0.6) is 17.2 Å². The summed E-state index contributed by atoms with van der Waals surface area (Å²) in [6.07, 6.45) is 0.553. The van der Waals surface area contributed by atoms with Crippen LogP contribution in [0.3, 0.4) is 0 Å². The number of benzene rings is 2. The minimum Gasteiger partial charge on any atom is -0.493 e. The molecular weight excluding hydrogens is 432 g/mol. The monoisotopic (exact) mass is 450 g/mol. The molecule has 0 radical (unpaired) electrons. The third kappa shape index (κ3) is 4.04. The van der Waals surface area contributed by atoms with Crippen LogP contribution in [0.2, 0.25) is 0 Å². The molecule has 0 aliphatic carbocycles. The lowest BCUT2D eigenvalue weighted by molar-refractivity contribution is -0.385. The van der Waals surface area contributed by atoms with Crippen LogP contribution < -0.4 is 19.5 Å². The van der Waals surface area contributed by atoms with Gasteiger partial charge in [-0.15, -0.1) is 0 Å². The van der Waals surface area contributed by atoms with Crippen LogP contribution >= 0.6 is 15.9 Å². The van der Waals surface area contributed by atoms with Gasteiger partial charge in [-0.3, -0.25) is 14.9 Å². The van der Waals surface area contributed by atoms with E-state index in [0.29, 0.717) is 25.4 Å². The first-order valence-corrected chi connectivity index (χ1v) is 9.46. The minimum absolute atomic E-state index is 0.0895. The van der Waals surface area contributed by atoms with Gasteiger partial charge in [0.05, 0.1) is 37.4 Å². The number of methoxy groups -OCH3 is 1. The molecule has 2 aromatic rings. The van der Waals surface area contributed by atoms with Gasteiger partial charge in [0, 0.05) is 22.5 Å². The van der Waals surface area contributed by atoms with E-state index in [0.717, 1.165) is 10.0 Å². The highest BCUT2D eigenvalue weighted by molar-refractivity contribution is 9.10. The Morgan fingerprint density at radius 3 is 2.82 bits per heavy atom. The van der Waals surface area contributed by atoms with Gasteiger partial charge in [-0.2, -0.15) is 0 Å². The number of nitrogens with zero attached hydrogens (tertiary/aromatic N) is 1. The number of amides is 1. The first kappa shape index (κ1) is 19.9. The van der Waals surface area contributed by atoms with Crippen LogP contribution in [0.4, 0.5) is 5.69 Å². The lowest BCUT2D eigenvalue weighted by Gasteiger charge is -2.27. The van der Waals surface area contributed by atoms with Gasteiger partial charge in [0.2, 0.25) is 0 Å². The summed E-state index contributed by atoms with van der Waals surface area (Å²) in [5.74, 6) is 0.589. The predicted molar refractivity (Wildman–Crippen MR) is 105 cm³/mol. The van der Waals surface area contributed by atoms with Crippen LogP contribution in [-0.4, -0.2) is 31.2 Å². The molecule has 2 aromatic carbocycles. The maximum atomic E-state index is 12.9. The van der Waals surface area contributed by atoms with Crippen LogP contribution in [0.15, 0.2) is 34.8 Å². The third-order valence-electron chi connectivity index (χ3n) is 4.34. The molecule has 1 heterocycles. The Morgan fingerprint density at radius 1 is 1.36 bits per heavy atom. The molecule has 1 N–H and O–H groups in total. The lowest BCUT2D eigenvalue weighted by Crippen LogP contribution is -2.32. The van der Waals surface area contributed by atoms with E-state index < -0.39 is 10.8 Å². The Bertz CT molecular complexity index is 918. The molecule has 1 atom stereocenters. The van der Waals surface area contributed by atoms with Gasteiger partial charge in [-0.05, 0) is 25.1 Å². The second-order valence-corrected chi connectivity index (χ2v) is 6.97. The highest BCUT2D eigenvalue weighted by Gasteiger charge is 2.29. The number of nitro groups is 1. The fourth-order valence-electron chi connectivity index (χ4n) is 3.06. The topological polar surface area (TPSA) is 99.9 Å². The summed E-state index contributed by atoms with van der Waals surface area (Å²) in [7, 11) is 1.41. The van der Waals surface area contributed by atoms with Crippen molar-refractivity contribution in [2.75, 3.05) is 20.3 Å². The number of hydrogen-bond donors (Lipinski definition) is 1. The zero-order valence-corrected chi connectivity index (χ0v) is 16.9. The molecule has 9 heteroatoms. The van der Waals surface area contributed by atoms with Gasteiger partial charge >= 0.3 is 0 Å². The number of hydrogen-bond acceptors (Lipinski definition) is 6. The molecule has 0 aromatic heterocycles. The summed E-state index contributed by atoms with van der Waals surface area (Å²) < 4.78 is 17.1. The van der Waals surface area contributed by atoms with Crippen molar-refractivity contribution in [3.63, 3.8) is 0 Å². The average molecular weight is 451 g/mol. The van der Waals surface area contributed by atoms with Crippen LogP contribution in [0.1, 0.15) is 35.3 Å². The van der Waals surface area contributed by atoms with Crippen LogP contribution in [0, 0.1) is 10.1 Å². The molecule has 0 bridgehead atoms. The number of carbonyl (C=O) groups excluding carboxylic acids is 1. The Kier molecular flexibility index (Phi) is 6.03. The quantitative estimate of drug-likeness (QED) is 0.526. The molecule has 1 aliphatic heterocycles. The van der Waals surface area contributed by atoms with E-state index in [1.165, 1.54) is 19.2 Å². The number of nitro benzene ring substituents is 1. The van der Waals surface area contributed by atoms with Crippen molar-refractivity contribution in [1.82, 2.24) is 5.32 Å². The molecule has 0 fully saturated rings. The normalized spacial score (nSPS) is 15.2. The summed E-state index contributed by atoms with van der Waals surface area (Å²) in [5, 5.41) is 14.4. The average Bonchev–Trinajstić information content (AvgIpc) is 2.68. The smallest absolute Gasteiger partial charge is 0.286 e. The summed E-state index contributed by atoms with van der Waals surface area (Å²) in [6, 6.07) is 7.76. The van der Waals surface area contributed by atoms with Crippen molar-refractivity contribution < 1.29 is 23.9 Å². The summed E-state index contributed by atoms with van der Waals surface area (Å²) in [5.41, 5.74) is 0.381. The summed E-state index contributed by atoms with van der Waals surface area (Å²) in [4.78, 5) is 23.8. The molecule has 1 amide bonds. The molecule has 3 rings (SSSR count). The number of carbonyl (C=O) groups is 1. The first-order valence-electron chi connectivity index (χ1n) is 8.67. The second-order valence-electron chi connectivity index (χ2n) is 6.06. The highest BCUT2D eigenvalue weighted by Crippen LogP contribution is 2.37. The van der Waals surface area contributed by atoms with E-state index in [9.17, 15) is 14.9 Å². The Hall–Kier alpha value is -2.81. The van der Waals surface area contributed by atoms with Crippen LogP contribution in [-0.2, 0) is 0 Å². The summed E-state index contributed by atoms with van der Waals surface area (Å²) >= 11 is 3.41. The number of halogens is 1. The third-order valence-corrected chi connectivity index (χ3v) is 4.83. The molecular formula is C19H19BrN2O6. The van der Waals surface area contributed by atoms with Crippen molar-refractivity contribution in [3.05, 3.63) is 56.0 Å². The molecule has 0 saturated heterocycles. The van der Waals surface area contributed by atoms with Crippen molar-refractivity contribution in [2.45, 2.75) is 19.4 Å². The predicted octanol–water partition coefficient (Wildman–Crippen LogP) is 4.02. The number of ether oxygens (including phenoxy) is 3. The number of rotatable bonds is 6. The Balaban J connectivity index is 1.95. The van der Waals surface area contributed by atoms with Crippen molar-refractivity contribution in [3.8, 4) is 17.2 Å². The van der Waals surface area contributed by atoms with E-state index in [1.54, 1.807) is 6.92 Å². The van der Waals surface area contributed by atoms with E-state index in [4.69, 9.17) is 14.2 Å². The fraction of sp³-hybridized carbons (Fsp3) is 0.316. The maximum absolute atomic E-state index is 12.9. The van der Waals surface area contributed by atoms with Crippen molar-refractivity contribution in [2.24, 2.45) is 0 Å². The molecule has 0 saturated carbocycles. The maximum Gasteiger partial charge on any atom is 0.286 e. The standard InChI is InChI=1S/C19H19BrN2O6/c1-3-27-18-10-15(22(24)25)13(9-17(18)26-2)19(23)21-14-6-7-28-16-5-4-11(20)8-12(14)16/h4-5,8-10,14H,3,6-7H2,1-2H3,(H,21,23). The molecule has 8 nitrogen and oxygen atoms in total. The number of fused-ring (bicyclic) bond motifs is 1. The zero-order chi connectivity index (χ0) is 20.3. The van der Waals surface area contributed by atoms with Gasteiger partial charge in [-0.25, -0.2) is 0 Å². The Morgan fingerprint density at radius 2 is 2.14 bits per heavy atom. The first-order chi connectivity index (χ1) is 13.4. The van der Waals surface area contributed by atoms with Crippen molar-refractivity contribution in [1.29, 1.82) is 0 Å². The molecule has 28 heavy (non-hydrogen) atoms. The van der Waals surface area contributed by atoms with Gasteiger partial charge < -0.3 is 19.5 Å². The molecule has 1 unspecified atom stereocenters. The number of nitrogens with one attached hydrogen (secondary N) is 1. The fourth-order valence-corrected chi connectivity index (χ4v) is 3.44. The van der Waals surface area contributed by atoms with Gasteiger partial charge in [0.15, 0.2) is 11.5 Å². The Labute approximate surface area is 170 Å². The van der Waals surface area contributed by atoms with E-state index in [1.807, 2.05) is 18.2 Å². The molecule has 0 spiro atoms. The highest BCUT2D eigenvalue weighted by atomic mass is 79.9. The van der Waals surface area contributed by atoms with E-state index in [-0.39, 0.29) is 28.8 Å². The van der Waals surface area contributed by atoms with Gasteiger partial charge in [0.25, 0.3) is 11.6 Å². The largest absolute Gasteiger partial charge is 0.493 e. The van der Waals surface area contributed by atoms with E-state index in [2.05, 4.69) is 21.2 Å². The second kappa shape index (κ2) is 8.47. The lowest BCUT2D eigenvalue weighted by atomic mass is 10.00. The van der Waals surface area contributed by atoms with E-state index >= 15 is 0 Å². The van der Waals surface area contributed by atoms with Gasteiger partial charge in [-0.1, -0.05) is 15.9 Å². The minimum atomic E-state index is -0.606.